The summed E-state index contributed by atoms with van der Waals surface area (Å²) in [5, 5.41) is 2.76. The topological polar surface area (TPSA) is 42.0 Å². The van der Waals surface area contributed by atoms with Crippen LogP contribution < -0.4 is 5.32 Å². The Morgan fingerprint density at radius 3 is 2.35 bits per heavy atom. The molecule has 1 aromatic heterocycles. The third kappa shape index (κ3) is 3.79. The van der Waals surface area contributed by atoms with Gasteiger partial charge >= 0.3 is 0 Å². The molecule has 0 unspecified atom stereocenters. The van der Waals surface area contributed by atoms with Crippen molar-refractivity contribution in [3.63, 3.8) is 0 Å². The fourth-order valence-corrected chi connectivity index (χ4v) is 2.02. The molecule has 0 bridgehead atoms. The minimum absolute atomic E-state index is 0.0562. The molecule has 1 aromatic carbocycles. The van der Waals surface area contributed by atoms with Gasteiger partial charge in [0.25, 0.3) is 0 Å². The number of rotatable bonds is 4. The van der Waals surface area contributed by atoms with Crippen LogP contribution in [0.25, 0.3) is 11.6 Å². The predicted molar refractivity (Wildman–Crippen MR) is 83.1 cm³/mol. The van der Waals surface area contributed by atoms with Crippen molar-refractivity contribution in [3.05, 3.63) is 59.9 Å². The van der Waals surface area contributed by atoms with Gasteiger partial charge in [-0.2, -0.15) is 0 Å². The molecule has 102 valence electrons. The zero-order valence-corrected chi connectivity index (χ0v) is 11.8. The van der Waals surface area contributed by atoms with Crippen molar-refractivity contribution >= 4 is 23.2 Å². The molecule has 0 saturated heterocycles. The first-order valence-electron chi connectivity index (χ1n) is 6.67. The molecule has 3 heteroatoms. The number of carbonyl (C=O) groups excluding carboxylic acids is 1. The van der Waals surface area contributed by atoms with Gasteiger partial charge in [-0.05, 0) is 47.4 Å². The second-order valence-corrected chi connectivity index (χ2v) is 4.56. The number of benzene rings is 1. The number of allylic oxidation sites excluding steroid dienone is 1. The molecule has 0 saturated carbocycles. The van der Waals surface area contributed by atoms with Crippen LogP contribution in [0.3, 0.4) is 0 Å². The van der Waals surface area contributed by atoms with Gasteiger partial charge in [0, 0.05) is 25.0 Å². The lowest BCUT2D eigenvalue weighted by molar-refractivity contribution is -0.114. The van der Waals surface area contributed by atoms with E-state index in [1.165, 1.54) is 18.1 Å². The Bertz CT molecular complexity index is 601. The Balaban J connectivity index is 2.22. The number of hydrogen-bond acceptors (Lipinski definition) is 2. The van der Waals surface area contributed by atoms with Gasteiger partial charge < -0.3 is 5.32 Å². The molecular weight excluding hydrogens is 248 g/mol. The van der Waals surface area contributed by atoms with Crippen molar-refractivity contribution in [2.45, 2.75) is 20.3 Å². The average molecular weight is 266 g/mol. The summed E-state index contributed by atoms with van der Waals surface area (Å²) in [5.41, 5.74) is 4.39. The van der Waals surface area contributed by atoms with E-state index in [-0.39, 0.29) is 5.91 Å². The zero-order chi connectivity index (χ0) is 14.4. The molecule has 1 heterocycles. The first-order valence-corrected chi connectivity index (χ1v) is 6.67. The van der Waals surface area contributed by atoms with E-state index in [9.17, 15) is 4.79 Å². The van der Waals surface area contributed by atoms with Gasteiger partial charge in [0.15, 0.2) is 0 Å². The molecular formula is C17H18N2O. The van der Waals surface area contributed by atoms with Crippen molar-refractivity contribution in [3.8, 4) is 0 Å². The van der Waals surface area contributed by atoms with Crippen LogP contribution in [0.4, 0.5) is 5.69 Å². The first kappa shape index (κ1) is 14.0. The smallest absolute Gasteiger partial charge is 0.221 e. The highest BCUT2D eigenvalue weighted by atomic mass is 16.1. The largest absolute Gasteiger partial charge is 0.326 e. The molecule has 0 atom stereocenters. The monoisotopic (exact) mass is 266 g/mol. The van der Waals surface area contributed by atoms with E-state index < -0.39 is 0 Å². The van der Waals surface area contributed by atoms with E-state index in [1.807, 2.05) is 36.4 Å². The normalized spacial score (nSPS) is 11.2. The Morgan fingerprint density at radius 1 is 1.15 bits per heavy atom. The summed E-state index contributed by atoms with van der Waals surface area (Å²) < 4.78 is 0. The van der Waals surface area contributed by atoms with E-state index in [4.69, 9.17) is 0 Å². The van der Waals surface area contributed by atoms with Gasteiger partial charge in [0.2, 0.25) is 5.91 Å². The molecule has 1 N–H and O–H groups in total. The maximum absolute atomic E-state index is 11.0. The molecule has 0 aliphatic heterocycles. The third-order valence-electron chi connectivity index (χ3n) is 3.00. The van der Waals surface area contributed by atoms with Gasteiger partial charge in [-0.3, -0.25) is 9.78 Å². The standard InChI is InChI=1S/C17H18N2O/c1-3-15(16-8-10-18-11-9-16)12-14-4-6-17(7-5-14)19-13(2)20/h4-12H,3H2,1-2H3,(H,19,20)/b15-12-. The number of amides is 1. The van der Waals surface area contributed by atoms with Crippen LogP contribution in [0, 0.1) is 0 Å². The number of aromatic nitrogens is 1. The van der Waals surface area contributed by atoms with Crippen molar-refractivity contribution in [1.29, 1.82) is 0 Å². The maximum atomic E-state index is 11.0. The lowest BCUT2D eigenvalue weighted by Gasteiger charge is -2.06. The SMILES string of the molecule is CC/C(=C/c1ccc(NC(C)=O)cc1)c1ccncc1. The Morgan fingerprint density at radius 2 is 1.80 bits per heavy atom. The number of carbonyl (C=O) groups is 1. The molecule has 0 fully saturated rings. The van der Waals surface area contributed by atoms with E-state index in [1.54, 1.807) is 12.4 Å². The molecule has 20 heavy (non-hydrogen) atoms. The molecule has 0 spiro atoms. The predicted octanol–water partition coefficient (Wildman–Crippen LogP) is 3.99. The van der Waals surface area contributed by atoms with Crippen molar-refractivity contribution < 1.29 is 4.79 Å². The Labute approximate surface area is 119 Å². The second-order valence-electron chi connectivity index (χ2n) is 4.56. The van der Waals surface area contributed by atoms with Gasteiger partial charge in [-0.1, -0.05) is 25.1 Å². The van der Waals surface area contributed by atoms with Crippen LogP contribution in [0.1, 0.15) is 31.4 Å². The van der Waals surface area contributed by atoms with Gasteiger partial charge in [0.05, 0.1) is 0 Å². The van der Waals surface area contributed by atoms with Crippen molar-refractivity contribution in [2.75, 3.05) is 5.32 Å². The van der Waals surface area contributed by atoms with E-state index >= 15 is 0 Å². The van der Waals surface area contributed by atoms with Crippen molar-refractivity contribution in [2.24, 2.45) is 0 Å². The minimum atomic E-state index is -0.0562. The van der Waals surface area contributed by atoms with Crippen LogP contribution >= 0.6 is 0 Å². The summed E-state index contributed by atoms with van der Waals surface area (Å²) in [4.78, 5) is 15.0. The van der Waals surface area contributed by atoms with Crippen LogP contribution in [0.5, 0.6) is 0 Å². The Hall–Kier alpha value is -2.42. The third-order valence-corrected chi connectivity index (χ3v) is 3.00. The fourth-order valence-electron chi connectivity index (χ4n) is 2.02. The molecule has 2 rings (SSSR count). The average Bonchev–Trinajstić information content (AvgIpc) is 2.47. The minimum Gasteiger partial charge on any atom is -0.326 e. The van der Waals surface area contributed by atoms with E-state index in [0.717, 1.165) is 17.7 Å². The van der Waals surface area contributed by atoms with Gasteiger partial charge in [-0.15, -0.1) is 0 Å². The number of nitrogens with zero attached hydrogens (tertiary/aromatic N) is 1. The number of hydrogen-bond donors (Lipinski definition) is 1. The second kappa shape index (κ2) is 6.66. The molecule has 0 aliphatic rings. The summed E-state index contributed by atoms with van der Waals surface area (Å²) >= 11 is 0. The summed E-state index contributed by atoms with van der Waals surface area (Å²) in [5.74, 6) is -0.0562. The van der Waals surface area contributed by atoms with E-state index in [0.29, 0.717) is 0 Å². The fraction of sp³-hybridized carbons (Fsp3) is 0.176. The van der Waals surface area contributed by atoms with Crippen LogP contribution in [-0.2, 0) is 4.79 Å². The highest BCUT2D eigenvalue weighted by Crippen LogP contribution is 2.21. The van der Waals surface area contributed by atoms with E-state index in [2.05, 4.69) is 23.3 Å². The molecule has 0 radical (unpaired) electrons. The quantitative estimate of drug-likeness (QED) is 0.909. The highest BCUT2D eigenvalue weighted by molar-refractivity contribution is 5.89. The number of pyridine rings is 1. The van der Waals surface area contributed by atoms with Crippen LogP contribution in [0.15, 0.2) is 48.8 Å². The zero-order valence-electron chi connectivity index (χ0n) is 11.8. The maximum Gasteiger partial charge on any atom is 0.221 e. The summed E-state index contributed by atoms with van der Waals surface area (Å²) in [6, 6.07) is 11.9. The first-order chi connectivity index (χ1) is 9.69. The van der Waals surface area contributed by atoms with Crippen molar-refractivity contribution in [1.82, 2.24) is 4.98 Å². The summed E-state index contributed by atoms with van der Waals surface area (Å²) in [6.07, 6.45) is 6.72. The number of nitrogens with one attached hydrogen (secondary N) is 1. The molecule has 2 aromatic rings. The van der Waals surface area contributed by atoms with Crippen LogP contribution in [0.2, 0.25) is 0 Å². The lowest BCUT2D eigenvalue weighted by atomic mass is 10.0. The summed E-state index contributed by atoms with van der Waals surface area (Å²) in [6.45, 7) is 3.64. The van der Waals surface area contributed by atoms with Gasteiger partial charge in [0.1, 0.15) is 0 Å². The molecule has 1 amide bonds. The summed E-state index contributed by atoms with van der Waals surface area (Å²) in [7, 11) is 0. The Kier molecular flexibility index (Phi) is 4.66. The number of anilines is 1. The van der Waals surface area contributed by atoms with Gasteiger partial charge in [-0.25, -0.2) is 0 Å². The highest BCUT2D eigenvalue weighted by Gasteiger charge is 2.00. The molecule has 0 aliphatic carbocycles. The molecule has 3 nitrogen and oxygen atoms in total. The van der Waals surface area contributed by atoms with Crippen LogP contribution in [-0.4, -0.2) is 10.9 Å². The lowest BCUT2D eigenvalue weighted by Crippen LogP contribution is -2.05.